The minimum absolute atomic E-state index is 0.0627. The van der Waals surface area contributed by atoms with Crippen molar-refractivity contribution < 1.29 is 0 Å². The predicted molar refractivity (Wildman–Crippen MR) is 96.7 cm³/mol. The Kier molecular flexibility index (Phi) is 3.27. The van der Waals surface area contributed by atoms with Gasteiger partial charge in [-0.05, 0) is 50.1 Å². The molecule has 2 aromatic heterocycles. The van der Waals surface area contributed by atoms with Crippen molar-refractivity contribution in [2.45, 2.75) is 27.3 Å². The molecule has 24 heavy (non-hydrogen) atoms. The first-order chi connectivity index (χ1) is 11.5. The summed E-state index contributed by atoms with van der Waals surface area (Å²) in [4.78, 5) is 12.9. The van der Waals surface area contributed by atoms with Gasteiger partial charge in [0.2, 0.25) is 0 Å². The van der Waals surface area contributed by atoms with Crippen molar-refractivity contribution in [2.24, 2.45) is 0 Å². The summed E-state index contributed by atoms with van der Waals surface area (Å²) in [6, 6.07) is 14.4. The summed E-state index contributed by atoms with van der Waals surface area (Å²) in [6.07, 6.45) is 1.74. The number of hydrogen-bond acceptors (Lipinski definition) is 2. The molecule has 0 N–H and O–H groups in total. The van der Waals surface area contributed by atoms with Gasteiger partial charge in [0, 0.05) is 5.39 Å². The lowest BCUT2D eigenvalue weighted by atomic mass is 10.1. The largest absolute Gasteiger partial charge is 0.294 e. The van der Waals surface area contributed by atoms with E-state index in [4.69, 9.17) is 0 Å². The molecular formula is C20H19N3O. The first-order valence-electron chi connectivity index (χ1n) is 8.06. The Morgan fingerprint density at radius 3 is 2.50 bits per heavy atom. The van der Waals surface area contributed by atoms with Gasteiger partial charge < -0.3 is 0 Å². The Morgan fingerprint density at radius 1 is 0.917 bits per heavy atom. The number of fused-ring (bicyclic) bond motifs is 3. The highest BCUT2D eigenvalue weighted by atomic mass is 16.1. The molecule has 2 aromatic carbocycles. The Morgan fingerprint density at radius 2 is 1.67 bits per heavy atom. The minimum Gasteiger partial charge on any atom is -0.294 e. The average molecular weight is 317 g/mol. The summed E-state index contributed by atoms with van der Waals surface area (Å²) in [7, 11) is 0. The van der Waals surface area contributed by atoms with E-state index >= 15 is 0 Å². The van der Waals surface area contributed by atoms with E-state index in [-0.39, 0.29) is 5.56 Å². The standard InChI is InChI=1S/C20H19N3O/c1-13-4-6-15(3)17(9-13)11-23-20(24)19-10-16-8-14(2)5-7-18(16)22(19)12-21-23/h4-10,12H,11H2,1-3H3. The van der Waals surface area contributed by atoms with Crippen molar-refractivity contribution in [3.05, 3.63) is 81.4 Å². The maximum absolute atomic E-state index is 12.9. The van der Waals surface area contributed by atoms with Gasteiger partial charge in [-0.25, -0.2) is 4.68 Å². The lowest BCUT2D eigenvalue weighted by Gasteiger charge is -2.09. The number of aryl methyl sites for hydroxylation is 3. The highest BCUT2D eigenvalue weighted by Gasteiger charge is 2.10. The van der Waals surface area contributed by atoms with Crippen LogP contribution in [-0.2, 0) is 6.54 Å². The van der Waals surface area contributed by atoms with Crippen LogP contribution in [0, 0.1) is 20.8 Å². The maximum Gasteiger partial charge on any atom is 0.291 e. The topological polar surface area (TPSA) is 39.3 Å². The molecule has 0 amide bonds. The van der Waals surface area contributed by atoms with Crippen molar-refractivity contribution in [2.75, 3.05) is 0 Å². The molecule has 0 fully saturated rings. The lowest BCUT2D eigenvalue weighted by molar-refractivity contribution is 0.627. The third kappa shape index (κ3) is 2.31. The van der Waals surface area contributed by atoms with Crippen LogP contribution in [0.3, 0.4) is 0 Å². The third-order valence-corrected chi connectivity index (χ3v) is 4.58. The van der Waals surface area contributed by atoms with Crippen molar-refractivity contribution in [3.63, 3.8) is 0 Å². The van der Waals surface area contributed by atoms with E-state index in [1.54, 1.807) is 11.0 Å². The van der Waals surface area contributed by atoms with Gasteiger partial charge in [0.25, 0.3) is 5.56 Å². The molecule has 0 saturated carbocycles. The van der Waals surface area contributed by atoms with Crippen LogP contribution in [-0.4, -0.2) is 14.2 Å². The second-order valence-electron chi connectivity index (χ2n) is 6.49. The second kappa shape index (κ2) is 5.34. The van der Waals surface area contributed by atoms with Gasteiger partial charge in [-0.3, -0.25) is 9.20 Å². The van der Waals surface area contributed by atoms with E-state index in [1.165, 1.54) is 16.7 Å². The summed E-state index contributed by atoms with van der Waals surface area (Å²) < 4.78 is 3.42. The van der Waals surface area contributed by atoms with Gasteiger partial charge in [-0.15, -0.1) is 0 Å². The Hall–Kier alpha value is -2.88. The monoisotopic (exact) mass is 317 g/mol. The van der Waals surface area contributed by atoms with Crippen LogP contribution in [0.25, 0.3) is 16.4 Å². The summed E-state index contributed by atoms with van der Waals surface area (Å²) >= 11 is 0. The predicted octanol–water partition coefficient (Wildman–Crippen LogP) is 3.62. The highest BCUT2D eigenvalue weighted by molar-refractivity contribution is 5.87. The fourth-order valence-corrected chi connectivity index (χ4v) is 3.19. The zero-order valence-corrected chi connectivity index (χ0v) is 14.1. The van der Waals surface area contributed by atoms with Crippen LogP contribution in [0.4, 0.5) is 0 Å². The number of hydrogen-bond donors (Lipinski definition) is 0. The molecule has 0 saturated heterocycles. The smallest absolute Gasteiger partial charge is 0.291 e. The molecule has 0 unspecified atom stereocenters. The fourth-order valence-electron chi connectivity index (χ4n) is 3.19. The summed E-state index contributed by atoms with van der Waals surface area (Å²) in [5.74, 6) is 0. The Bertz CT molecular complexity index is 1130. The first-order valence-corrected chi connectivity index (χ1v) is 8.06. The van der Waals surface area contributed by atoms with Crippen LogP contribution in [0.15, 0.2) is 53.6 Å². The van der Waals surface area contributed by atoms with E-state index in [1.807, 2.05) is 16.5 Å². The molecule has 0 spiro atoms. The van der Waals surface area contributed by atoms with Crippen LogP contribution in [0.5, 0.6) is 0 Å². The fraction of sp³-hybridized carbons (Fsp3) is 0.200. The Balaban J connectivity index is 1.88. The van der Waals surface area contributed by atoms with Crippen molar-refractivity contribution >= 4 is 16.4 Å². The van der Waals surface area contributed by atoms with Crippen molar-refractivity contribution in [1.29, 1.82) is 0 Å². The van der Waals surface area contributed by atoms with E-state index < -0.39 is 0 Å². The first kappa shape index (κ1) is 14.7. The van der Waals surface area contributed by atoms with Crippen LogP contribution in [0.1, 0.15) is 22.3 Å². The molecule has 4 nitrogen and oxygen atoms in total. The van der Waals surface area contributed by atoms with E-state index in [0.29, 0.717) is 12.1 Å². The molecule has 4 aromatic rings. The van der Waals surface area contributed by atoms with Crippen LogP contribution < -0.4 is 5.56 Å². The van der Waals surface area contributed by atoms with Gasteiger partial charge >= 0.3 is 0 Å². The van der Waals surface area contributed by atoms with E-state index in [9.17, 15) is 4.79 Å². The van der Waals surface area contributed by atoms with Gasteiger partial charge in [0.15, 0.2) is 0 Å². The number of nitrogens with zero attached hydrogens (tertiary/aromatic N) is 3. The van der Waals surface area contributed by atoms with Crippen molar-refractivity contribution in [3.8, 4) is 0 Å². The SMILES string of the molecule is Cc1ccc(C)c(Cn2ncn3c(cc4cc(C)ccc43)c2=O)c1. The zero-order chi connectivity index (χ0) is 16.8. The molecular weight excluding hydrogens is 298 g/mol. The molecule has 0 atom stereocenters. The molecule has 4 rings (SSSR count). The maximum atomic E-state index is 12.9. The summed E-state index contributed by atoms with van der Waals surface area (Å²) in [5.41, 5.74) is 6.28. The van der Waals surface area contributed by atoms with Crippen molar-refractivity contribution in [1.82, 2.24) is 14.2 Å². The van der Waals surface area contributed by atoms with Gasteiger partial charge in [-0.1, -0.05) is 35.4 Å². The minimum atomic E-state index is -0.0627. The lowest BCUT2D eigenvalue weighted by Crippen LogP contribution is -2.25. The molecule has 0 aliphatic heterocycles. The summed E-state index contributed by atoms with van der Waals surface area (Å²) in [6.45, 7) is 6.67. The molecule has 4 heteroatoms. The molecule has 120 valence electrons. The molecule has 0 aliphatic rings. The third-order valence-electron chi connectivity index (χ3n) is 4.58. The molecule has 0 aliphatic carbocycles. The number of benzene rings is 2. The van der Waals surface area contributed by atoms with Crippen LogP contribution >= 0.6 is 0 Å². The molecule has 0 radical (unpaired) electrons. The van der Waals surface area contributed by atoms with Gasteiger partial charge in [0.1, 0.15) is 11.8 Å². The quantitative estimate of drug-likeness (QED) is 0.566. The molecule has 0 bridgehead atoms. The zero-order valence-electron chi connectivity index (χ0n) is 14.1. The Labute approximate surface area is 140 Å². The molecule has 2 heterocycles. The normalized spacial score (nSPS) is 11.5. The van der Waals surface area contributed by atoms with E-state index in [0.717, 1.165) is 16.5 Å². The number of aromatic nitrogens is 3. The number of rotatable bonds is 2. The second-order valence-corrected chi connectivity index (χ2v) is 6.49. The van der Waals surface area contributed by atoms with E-state index in [2.05, 4.69) is 56.2 Å². The average Bonchev–Trinajstić information content (AvgIpc) is 2.92. The van der Waals surface area contributed by atoms with Gasteiger partial charge in [-0.2, -0.15) is 5.10 Å². The highest BCUT2D eigenvalue weighted by Crippen LogP contribution is 2.19. The van der Waals surface area contributed by atoms with Crippen LogP contribution in [0.2, 0.25) is 0 Å². The summed E-state index contributed by atoms with van der Waals surface area (Å²) in [5, 5.41) is 5.45. The van der Waals surface area contributed by atoms with Gasteiger partial charge in [0.05, 0.1) is 12.1 Å².